The van der Waals surface area contributed by atoms with Gasteiger partial charge in [-0.05, 0) is 40.5 Å². The van der Waals surface area contributed by atoms with Gasteiger partial charge in [0.1, 0.15) is 0 Å². The number of ether oxygens (including phenoxy) is 1. The molecule has 0 spiro atoms. The fourth-order valence-corrected chi connectivity index (χ4v) is 4.79. The predicted octanol–water partition coefficient (Wildman–Crippen LogP) is 2.64. The topological polar surface area (TPSA) is 92.8 Å². The molecule has 0 unspecified atom stereocenters. The van der Waals surface area contributed by atoms with Crippen LogP contribution in [0.1, 0.15) is 17.5 Å². The predicted molar refractivity (Wildman–Crippen MR) is 120 cm³/mol. The van der Waals surface area contributed by atoms with Crippen LogP contribution in [0.15, 0.2) is 71.6 Å². The van der Waals surface area contributed by atoms with E-state index >= 15 is 0 Å². The van der Waals surface area contributed by atoms with Crippen LogP contribution < -0.4 is 4.72 Å². The Balaban J connectivity index is 1.24. The number of esters is 1. The van der Waals surface area contributed by atoms with Gasteiger partial charge in [0, 0.05) is 19.6 Å². The normalized spacial score (nSPS) is 13.6. The first-order chi connectivity index (χ1) is 15.4. The molecule has 0 aliphatic carbocycles. The number of nitrogens with zero attached hydrogens (tertiary/aromatic N) is 1. The molecule has 0 atom stereocenters. The van der Waals surface area contributed by atoms with Gasteiger partial charge in [0.25, 0.3) is 5.91 Å². The van der Waals surface area contributed by atoms with E-state index < -0.39 is 16.0 Å². The van der Waals surface area contributed by atoms with Gasteiger partial charge in [0.05, 0.1) is 11.3 Å². The lowest BCUT2D eigenvalue weighted by molar-refractivity contribution is -0.152. The van der Waals surface area contributed by atoms with Gasteiger partial charge >= 0.3 is 5.97 Å². The average Bonchev–Trinajstić information content (AvgIpc) is 2.81. The highest BCUT2D eigenvalue weighted by Crippen LogP contribution is 2.19. The Morgan fingerprint density at radius 3 is 2.47 bits per heavy atom. The minimum absolute atomic E-state index is 0.112. The number of carbonyl (C=O) groups excluding carboxylic acids is 2. The van der Waals surface area contributed by atoms with Crippen LogP contribution in [0, 0.1) is 0 Å². The van der Waals surface area contributed by atoms with Crippen LogP contribution in [0.25, 0.3) is 10.8 Å². The molecule has 0 fully saturated rings. The van der Waals surface area contributed by atoms with E-state index in [0.29, 0.717) is 13.1 Å². The van der Waals surface area contributed by atoms with Gasteiger partial charge in [-0.3, -0.25) is 9.59 Å². The fourth-order valence-electron chi connectivity index (χ4n) is 3.72. The highest BCUT2D eigenvalue weighted by Gasteiger charge is 2.21. The van der Waals surface area contributed by atoms with E-state index in [9.17, 15) is 18.0 Å². The summed E-state index contributed by atoms with van der Waals surface area (Å²) in [7, 11) is -3.76. The second-order valence-corrected chi connectivity index (χ2v) is 9.42. The third-order valence-corrected chi connectivity index (χ3v) is 6.95. The maximum absolute atomic E-state index is 12.5. The van der Waals surface area contributed by atoms with Crippen molar-refractivity contribution in [3.63, 3.8) is 0 Å². The minimum atomic E-state index is -3.76. The van der Waals surface area contributed by atoms with Crippen LogP contribution in [0.2, 0.25) is 0 Å². The van der Waals surface area contributed by atoms with Crippen LogP contribution in [0.5, 0.6) is 0 Å². The molecule has 0 saturated heterocycles. The van der Waals surface area contributed by atoms with E-state index in [0.717, 1.165) is 22.8 Å². The summed E-state index contributed by atoms with van der Waals surface area (Å²) in [5.74, 6) is -0.887. The number of amides is 1. The summed E-state index contributed by atoms with van der Waals surface area (Å²) in [6.07, 6.45) is 0.606. The van der Waals surface area contributed by atoms with Crippen LogP contribution in [0.4, 0.5) is 0 Å². The van der Waals surface area contributed by atoms with E-state index in [1.807, 2.05) is 42.5 Å². The molecule has 1 aliphatic heterocycles. The maximum Gasteiger partial charge on any atom is 0.307 e. The Morgan fingerprint density at radius 2 is 1.66 bits per heavy atom. The summed E-state index contributed by atoms with van der Waals surface area (Å²) in [5, 5.41) is 1.76. The molecule has 4 rings (SSSR count). The minimum Gasteiger partial charge on any atom is -0.456 e. The lowest BCUT2D eigenvalue weighted by Crippen LogP contribution is -2.38. The Bertz CT molecular complexity index is 1260. The molecular formula is C24H24N2O5S. The van der Waals surface area contributed by atoms with Gasteiger partial charge in [-0.25, -0.2) is 13.1 Å². The van der Waals surface area contributed by atoms with Gasteiger partial charge in [0.15, 0.2) is 6.61 Å². The Labute approximate surface area is 187 Å². The van der Waals surface area contributed by atoms with Crippen molar-refractivity contribution in [2.45, 2.75) is 24.3 Å². The average molecular weight is 453 g/mol. The van der Waals surface area contributed by atoms with Crippen molar-refractivity contribution in [3.8, 4) is 0 Å². The molecular weight excluding hydrogens is 428 g/mol. The lowest BCUT2D eigenvalue weighted by atomic mass is 10.00. The number of hydrogen-bond donors (Lipinski definition) is 1. The Morgan fingerprint density at radius 1 is 0.938 bits per heavy atom. The summed E-state index contributed by atoms with van der Waals surface area (Å²) >= 11 is 0. The molecule has 1 N–H and O–H groups in total. The molecule has 8 heteroatoms. The van der Waals surface area contributed by atoms with Gasteiger partial charge < -0.3 is 9.64 Å². The molecule has 0 saturated carbocycles. The highest BCUT2D eigenvalue weighted by molar-refractivity contribution is 7.89. The molecule has 0 radical (unpaired) electrons. The zero-order valence-corrected chi connectivity index (χ0v) is 18.3. The SMILES string of the molecule is O=C(CCNS(=O)(=O)c1ccc2ccccc2c1)OCC(=O)N1CCc2ccccc2C1. The first-order valence-corrected chi connectivity index (χ1v) is 11.9. The number of fused-ring (bicyclic) bond motifs is 2. The van der Waals surface area contributed by atoms with Crippen molar-refractivity contribution in [2.24, 2.45) is 0 Å². The molecule has 1 amide bonds. The molecule has 0 aromatic heterocycles. The zero-order valence-electron chi connectivity index (χ0n) is 17.5. The van der Waals surface area contributed by atoms with Crippen molar-refractivity contribution in [1.82, 2.24) is 9.62 Å². The second-order valence-electron chi connectivity index (χ2n) is 7.65. The van der Waals surface area contributed by atoms with Crippen molar-refractivity contribution in [1.29, 1.82) is 0 Å². The van der Waals surface area contributed by atoms with Crippen LogP contribution in [-0.4, -0.2) is 44.9 Å². The van der Waals surface area contributed by atoms with Crippen molar-refractivity contribution >= 4 is 32.7 Å². The number of nitrogens with one attached hydrogen (secondary N) is 1. The number of sulfonamides is 1. The molecule has 1 heterocycles. The molecule has 32 heavy (non-hydrogen) atoms. The quantitative estimate of drug-likeness (QED) is 0.557. The molecule has 3 aromatic rings. The second kappa shape index (κ2) is 9.50. The molecule has 7 nitrogen and oxygen atoms in total. The summed E-state index contributed by atoms with van der Waals surface area (Å²) < 4.78 is 32.5. The Kier molecular flexibility index (Phi) is 6.53. The van der Waals surface area contributed by atoms with Gasteiger partial charge in [0.2, 0.25) is 10.0 Å². The van der Waals surface area contributed by atoms with Gasteiger partial charge in [-0.1, -0.05) is 54.6 Å². The smallest absolute Gasteiger partial charge is 0.307 e. The first-order valence-electron chi connectivity index (χ1n) is 10.4. The van der Waals surface area contributed by atoms with E-state index in [1.54, 1.807) is 17.0 Å². The van der Waals surface area contributed by atoms with E-state index in [-0.39, 0.29) is 30.4 Å². The molecule has 3 aromatic carbocycles. The molecule has 0 bridgehead atoms. The third-order valence-electron chi connectivity index (χ3n) is 5.49. The van der Waals surface area contributed by atoms with Crippen molar-refractivity contribution in [3.05, 3.63) is 77.9 Å². The lowest BCUT2D eigenvalue weighted by Gasteiger charge is -2.28. The maximum atomic E-state index is 12.5. The largest absolute Gasteiger partial charge is 0.456 e. The van der Waals surface area contributed by atoms with Crippen molar-refractivity contribution < 1.29 is 22.7 Å². The summed E-state index contributed by atoms with van der Waals surface area (Å²) in [4.78, 5) is 26.2. The van der Waals surface area contributed by atoms with Gasteiger partial charge in [-0.2, -0.15) is 0 Å². The summed E-state index contributed by atoms with van der Waals surface area (Å²) in [6, 6.07) is 20.3. The number of rotatable bonds is 7. The first kappa shape index (κ1) is 22.0. The van der Waals surface area contributed by atoms with E-state index in [2.05, 4.69) is 10.8 Å². The fraction of sp³-hybridized carbons (Fsp3) is 0.250. The summed E-state index contributed by atoms with van der Waals surface area (Å²) in [6.45, 7) is 0.620. The Hall–Kier alpha value is -3.23. The standard InChI is InChI=1S/C24H24N2O5S/c27-23(26-14-12-19-6-2-4-8-21(19)16-26)17-31-24(28)11-13-25-32(29,30)22-10-9-18-5-1-3-7-20(18)15-22/h1-10,15,25H,11-14,16-17H2. The monoisotopic (exact) mass is 452 g/mol. The number of benzene rings is 3. The molecule has 1 aliphatic rings. The van der Waals surface area contributed by atoms with Crippen molar-refractivity contribution in [2.75, 3.05) is 19.7 Å². The third kappa shape index (κ3) is 5.15. The summed E-state index contributed by atoms with van der Waals surface area (Å²) in [5.41, 5.74) is 2.33. The zero-order chi connectivity index (χ0) is 22.6. The van der Waals surface area contributed by atoms with Crippen LogP contribution >= 0.6 is 0 Å². The highest BCUT2D eigenvalue weighted by atomic mass is 32.2. The van der Waals surface area contributed by atoms with Crippen LogP contribution in [-0.2, 0) is 37.3 Å². The van der Waals surface area contributed by atoms with Crippen LogP contribution in [0.3, 0.4) is 0 Å². The van der Waals surface area contributed by atoms with Gasteiger partial charge in [-0.15, -0.1) is 0 Å². The van der Waals surface area contributed by atoms with E-state index in [4.69, 9.17) is 4.74 Å². The number of hydrogen-bond acceptors (Lipinski definition) is 5. The molecule has 166 valence electrons. The number of carbonyl (C=O) groups is 2. The van der Waals surface area contributed by atoms with E-state index in [1.165, 1.54) is 11.6 Å².